The molecule has 0 fully saturated rings. The highest BCUT2D eigenvalue weighted by Gasteiger charge is 2.06. The maximum atomic E-state index is 9.52. The van der Waals surface area contributed by atoms with Crippen LogP contribution in [0.15, 0.2) is 30.3 Å². The molecule has 0 amide bonds. The van der Waals surface area contributed by atoms with Gasteiger partial charge in [0.15, 0.2) is 0 Å². The van der Waals surface area contributed by atoms with Gasteiger partial charge in [-0.25, -0.2) is 0 Å². The van der Waals surface area contributed by atoms with Gasteiger partial charge in [-0.3, -0.25) is 0 Å². The molecule has 0 unspecified atom stereocenters. The van der Waals surface area contributed by atoms with Gasteiger partial charge in [0.25, 0.3) is 0 Å². The van der Waals surface area contributed by atoms with Crippen molar-refractivity contribution < 1.29 is 5.11 Å². The summed E-state index contributed by atoms with van der Waals surface area (Å²) in [5.41, 5.74) is 6.15. The first-order valence-electron chi connectivity index (χ1n) is 3.71. The molecule has 0 spiro atoms. The first-order chi connectivity index (χ1) is 5.70. The Morgan fingerprint density at radius 2 is 2.00 bits per heavy atom. The molecule has 1 aromatic rings. The van der Waals surface area contributed by atoms with Crippen LogP contribution in [0.4, 0.5) is 0 Å². The number of hydrogen-bond donors (Lipinski definition) is 2. The Kier molecular flexibility index (Phi) is 3.19. The van der Waals surface area contributed by atoms with Crippen molar-refractivity contribution in [3.63, 3.8) is 0 Å². The topological polar surface area (TPSA) is 46.2 Å². The van der Waals surface area contributed by atoms with E-state index in [2.05, 4.69) is 12.2 Å². The smallest absolute Gasteiger partial charge is 0.0852 e. The summed E-state index contributed by atoms with van der Waals surface area (Å²) in [6, 6.07) is 9.35. The molecular formula is C9H11NOS. The van der Waals surface area contributed by atoms with Crippen molar-refractivity contribution in [3.8, 4) is 0 Å². The Labute approximate surface area is 77.0 Å². The first kappa shape index (κ1) is 9.16. The van der Waals surface area contributed by atoms with Gasteiger partial charge in [-0.15, -0.1) is 0 Å². The summed E-state index contributed by atoms with van der Waals surface area (Å²) >= 11 is 4.69. The molecule has 12 heavy (non-hydrogen) atoms. The Balaban J connectivity index is 2.65. The number of aliphatic hydroxyl groups is 1. The number of thiocarbonyl (C=S) groups is 1. The van der Waals surface area contributed by atoms with Crippen LogP contribution in [0.5, 0.6) is 0 Å². The Hall–Kier alpha value is -0.930. The lowest BCUT2D eigenvalue weighted by atomic mass is 10.1. The maximum Gasteiger partial charge on any atom is 0.0852 e. The van der Waals surface area contributed by atoms with Gasteiger partial charge in [-0.1, -0.05) is 42.5 Å². The molecule has 0 aliphatic heterocycles. The fraction of sp³-hybridized carbons (Fsp3) is 0.222. The molecule has 1 atom stereocenters. The van der Waals surface area contributed by atoms with Crippen molar-refractivity contribution in [2.75, 3.05) is 0 Å². The van der Waals surface area contributed by atoms with Gasteiger partial charge in [-0.05, 0) is 5.56 Å². The third-order valence-electron chi connectivity index (χ3n) is 1.58. The van der Waals surface area contributed by atoms with Crippen molar-refractivity contribution in [2.45, 2.75) is 12.5 Å². The second kappa shape index (κ2) is 4.18. The number of rotatable bonds is 3. The van der Waals surface area contributed by atoms with Gasteiger partial charge in [0.1, 0.15) is 0 Å². The summed E-state index contributed by atoms with van der Waals surface area (Å²) < 4.78 is 0. The van der Waals surface area contributed by atoms with Gasteiger partial charge in [0.2, 0.25) is 0 Å². The summed E-state index contributed by atoms with van der Waals surface area (Å²) in [4.78, 5) is 0.339. The largest absolute Gasteiger partial charge is 0.393 e. The Morgan fingerprint density at radius 1 is 1.42 bits per heavy atom. The van der Waals surface area contributed by atoms with E-state index < -0.39 is 6.10 Å². The number of nitrogens with two attached hydrogens (primary N) is 1. The van der Waals surface area contributed by atoms with Crippen LogP contribution in [0.25, 0.3) is 0 Å². The molecular weight excluding hydrogens is 170 g/mol. The normalized spacial score (nSPS) is 12.4. The number of hydrogen-bond acceptors (Lipinski definition) is 2. The highest BCUT2D eigenvalue weighted by Crippen LogP contribution is 2.15. The average Bonchev–Trinajstić information content (AvgIpc) is 2.05. The van der Waals surface area contributed by atoms with Crippen molar-refractivity contribution in [2.24, 2.45) is 5.73 Å². The lowest BCUT2D eigenvalue weighted by molar-refractivity contribution is 0.186. The predicted molar refractivity (Wildman–Crippen MR) is 52.8 cm³/mol. The summed E-state index contributed by atoms with van der Waals surface area (Å²) in [6.45, 7) is 0. The molecule has 0 radical (unpaired) electrons. The Morgan fingerprint density at radius 3 is 2.50 bits per heavy atom. The quantitative estimate of drug-likeness (QED) is 0.693. The standard InChI is InChI=1S/C9H11NOS/c10-9(12)6-8(11)7-4-2-1-3-5-7/h1-5,8,11H,6H2,(H2,10,12)/t8-/m0/s1. The predicted octanol–water partition coefficient (Wildman–Crippen LogP) is 1.40. The van der Waals surface area contributed by atoms with Gasteiger partial charge >= 0.3 is 0 Å². The molecule has 0 heterocycles. The molecule has 1 aromatic carbocycles. The molecule has 3 N–H and O–H groups in total. The van der Waals surface area contributed by atoms with Crippen LogP contribution >= 0.6 is 12.2 Å². The summed E-state index contributed by atoms with van der Waals surface area (Å²) in [5, 5.41) is 9.52. The minimum atomic E-state index is -0.566. The molecule has 0 saturated carbocycles. The lowest BCUT2D eigenvalue weighted by Gasteiger charge is -2.08. The van der Waals surface area contributed by atoms with Crippen molar-refractivity contribution >= 4 is 17.2 Å². The van der Waals surface area contributed by atoms with E-state index in [1.807, 2.05) is 30.3 Å². The van der Waals surface area contributed by atoms with E-state index >= 15 is 0 Å². The van der Waals surface area contributed by atoms with E-state index in [9.17, 15) is 5.11 Å². The van der Waals surface area contributed by atoms with E-state index in [1.165, 1.54) is 0 Å². The molecule has 1 rings (SSSR count). The zero-order valence-electron chi connectivity index (χ0n) is 6.60. The highest BCUT2D eigenvalue weighted by molar-refractivity contribution is 7.80. The van der Waals surface area contributed by atoms with E-state index in [-0.39, 0.29) is 0 Å². The van der Waals surface area contributed by atoms with E-state index in [0.29, 0.717) is 11.4 Å². The van der Waals surface area contributed by atoms with Gasteiger partial charge in [-0.2, -0.15) is 0 Å². The van der Waals surface area contributed by atoms with Crippen LogP contribution in [0.1, 0.15) is 18.1 Å². The van der Waals surface area contributed by atoms with Gasteiger partial charge in [0.05, 0.1) is 11.1 Å². The van der Waals surface area contributed by atoms with Gasteiger partial charge in [0, 0.05) is 6.42 Å². The molecule has 0 aliphatic carbocycles. The second-order valence-electron chi connectivity index (χ2n) is 2.60. The molecule has 2 nitrogen and oxygen atoms in total. The summed E-state index contributed by atoms with van der Waals surface area (Å²) in [5.74, 6) is 0. The minimum absolute atomic E-state index is 0.339. The van der Waals surface area contributed by atoms with Crippen molar-refractivity contribution in [3.05, 3.63) is 35.9 Å². The van der Waals surface area contributed by atoms with Crippen LogP contribution in [-0.2, 0) is 0 Å². The minimum Gasteiger partial charge on any atom is -0.393 e. The van der Waals surface area contributed by atoms with E-state index in [4.69, 9.17) is 5.73 Å². The Bertz CT molecular complexity index is 260. The molecule has 0 aromatic heterocycles. The summed E-state index contributed by atoms with van der Waals surface area (Å²) in [7, 11) is 0. The molecule has 64 valence electrons. The maximum absolute atomic E-state index is 9.52. The van der Waals surface area contributed by atoms with Crippen LogP contribution in [-0.4, -0.2) is 10.1 Å². The van der Waals surface area contributed by atoms with Crippen LogP contribution in [0.2, 0.25) is 0 Å². The fourth-order valence-electron chi connectivity index (χ4n) is 0.984. The lowest BCUT2D eigenvalue weighted by Crippen LogP contribution is -2.12. The van der Waals surface area contributed by atoms with Crippen molar-refractivity contribution in [1.82, 2.24) is 0 Å². The van der Waals surface area contributed by atoms with E-state index in [0.717, 1.165) is 5.56 Å². The number of aliphatic hydroxyl groups excluding tert-OH is 1. The zero-order chi connectivity index (χ0) is 8.97. The number of benzene rings is 1. The molecule has 0 aliphatic rings. The monoisotopic (exact) mass is 181 g/mol. The zero-order valence-corrected chi connectivity index (χ0v) is 7.42. The molecule has 0 saturated heterocycles. The highest BCUT2D eigenvalue weighted by atomic mass is 32.1. The third kappa shape index (κ3) is 2.60. The summed E-state index contributed by atoms with van der Waals surface area (Å²) in [6.07, 6.45) is -0.219. The van der Waals surface area contributed by atoms with Crippen LogP contribution in [0.3, 0.4) is 0 Å². The second-order valence-corrected chi connectivity index (χ2v) is 3.12. The van der Waals surface area contributed by atoms with Crippen LogP contribution < -0.4 is 5.73 Å². The first-order valence-corrected chi connectivity index (χ1v) is 4.12. The fourth-order valence-corrected chi connectivity index (χ4v) is 1.14. The SMILES string of the molecule is NC(=S)C[C@H](O)c1ccccc1. The van der Waals surface area contributed by atoms with Gasteiger partial charge < -0.3 is 10.8 Å². The van der Waals surface area contributed by atoms with Crippen molar-refractivity contribution in [1.29, 1.82) is 0 Å². The third-order valence-corrected chi connectivity index (χ3v) is 1.75. The van der Waals surface area contributed by atoms with E-state index in [1.54, 1.807) is 0 Å². The molecule has 3 heteroatoms. The van der Waals surface area contributed by atoms with Crippen LogP contribution in [0, 0.1) is 0 Å². The molecule has 0 bridgehead atoms. The average molecular weight is 181 g/mol.